The highest BCUT2D eigenvalue weighted by atomic mass is 32.2. The van der Waals surface area contributed by atoms with Gasteiger partial charge in [-0.2, -0.15) is 11.8 Å². The normalized spacial score (nSPS) is 12.7. The SMILES string of the molecule is CCCSCC(O)CCc1ccccc1. The number of rotatable bonds is 7. The van der Waals surface area contributed by atoms with Gasteiger partial charge < -0.3 is 5.11 Å². The first-order chi connectivity index (χ1) is 7.33. The van der Waals surface area contributed by atoms with Crippen LogP contribution in [0.15, 0.2) is 30.3 Å². The summed E-state index contributed by atoms with van der Waals surface area (Å²) in [6, 6.07) is 10.4. The number of hydrogen-bond acceptors (Lipinski definition) is 2. The fraction of sp³-hybridized carbons (Fsp3) is 0.538. The van der Waals surface area contributed by atoms with Crippen LogP contribution >= 0.6 is 11.8 Å². The van der Waals surface area contributed by atoms with Gasteiger partial charge in [-0.05, 0) is 30.6 Å². The third-order valence-electron chi connectivity index (χ3n) is 2.27. The number of benzene rings is 1. The van der Waals surface area contributed by atoms with Crippen LogP contribution in [-0.4, -0.2) is 22.7 Å². The van der Waals surface area contributed by atoms with Crippen molar-refractivity contribution in [1.82, 2.24) is 0 Å². The van der Waals surface area contributed by atoms with Crippen LogP contribution in [-0.2, 0) is 6.42 Å². The van der Waals surface area contributed by atoms with E-state index in [0.29, 0.717) is 0 Å². The third kappa shape index (κ3) is 5.85. The Morgan fingerprint density at radius 3 is 2.67 bits per heavy atom. The lowest BCUT2D eigenvalue weighted by Crippen LogP contribution is -2.11. The standard InChI is InChI=1S/C13H20OS/c1-2-10-15-11-13(14)9-8-12-6-4-3-5-7-12/h3-7,13-14H,2,8-11H2,1H3. The molecule has 1 unspecified atom stereocenters. The summed E-state index contributed by atoms with van der Waals surface area (Å²) < 4.78 is 0. The highest BCUT2D eigenvalue weighted by Gasteiger charge is 2.03. The Kier molecular flexibility index (Phi) is 6.53. The zero-order chi connectivity index (χ0) is 10.9. The fourth-order valence-corrected chi connectivity index (χ4v) is 2.32. The maximum absolute atomic E-state index is 9.72. The van der Waals surface area contributed by atoms with Gasteiger partial charge in [0, 0.05) is 5.75 Å². The van der Waals surface area contributed by atoms with Crippen molar-refractivity contribution in [3.63, 3.8) is 0 Å². The Hall–Kier alpha value is -0.470. The van der Waals surface area contributed by atoms with Crippen molar-refractivity contribution in [2.24, 2.45) is 0 Å². The van der Waals surface area contributed by atoms with E-state index in [9.17, 15) is 5.11 Å². The Morgan fingerprint density at radius 2 is 2.00 bits per heavy atom. The van der Waals surface area contributed by atoms with E-state index in [0.717, 1.165) is 24.3 Å². The Labute approximate surface area is 96.9 Å². The lowest BCUT2D eigenvalue weighted by molar-refractivity contribution is 0.189. The van der Waals surface area contributed by atoms with Gasteiger partial charge in [0.15, 0.2) is 0 Å². The molecule has 0 spiro atoms. The molecule has 1 aromatic carbocycles. The highest BCUT2D eigenvalue weighted by Crippen LogP contribution is 2.10. The molecule has 0 bridgehead atoms. The molecule has 1 nitrogen and oxygen atoms in total. The van der Waals surface area contributed by atoms with Crippen molar-refractivity contribution in [2.45, 2.75) is 32.3 Å². The van der Waals surface area contributed by atoms with Gasteiger partial charge in [0.05, 0.1) is 6.10 Å². The Balaban J connectivity index is 2.14. The number of aliphatic hydroxyl groups excluding tert-OH is 1. The average molecular weight is 224 g/mol. The van der Waals surface area contributed by atoms with Crippen molar-refractivity contribution in [1.29, 1.82) is 0 Å². The first-order valence-electron chi connectivity index (χ1n) is 5.62. The van der Waals surface area contributed by atoms with E-state index in [1.54, 1.807) is 0 Å². The summed E-state index contributed by atoms with van der Waals surface area (Å²) in [6.07, 6.45) is 2.90. The number of hydrogen-bond donors (Lipinski definition) is 1. The van der Waals surface area contributed by atoms with Gasteiger partial charge in [-0.15, -0.1) is 0 Å². The van der Waals surface area contributed by atoms with Gasteiger partial charge >= 0.3 is 0 Å². The minimum Gasteiger partial charge on any atom is -0.392 e. The summed E-state index contributed by atoms with van der Waals surface area (Å²) >= 11 is 1.85. The molecule has 0 heterocycles. The fourth-order valence-electron chi connectivity index (χ4n) is 1.42. The number of aliphatic hydroxyl groups is 1. The predicted molar refractivity (Wildman–Crippen MR) is 68.4 cm³/mol. The summed E-state index contributed by atoms with van der Waals surface area (Å²) in [7, 11) is 0. The summed E-state index contributed by atoms with van der Waals surface area (Å²) in [4.78, 5) is 0. The molecule has 0 aliphatic heterocycles. The largest absolute Gasteiger partial charge is 0.392 e. The van der Waals surface area contributed by atoms with Crippen molar-refractivity contribution in [3.05, 3.63) is 35.9 Å². The lowest BCUT2D eigenvalue weighted by atomic mass is 10.1. The van der Waals surface area contributed by atoms with E-state index in [-0.39, 0.29) is 6.10 Å². The summed E-state index contributed by atoms with van der Waals surface area (Å²) in [5, 5.41) is 9.72. The third-order valence-corrected chi connectivity index (χ3v) is 3.59. The van der Waals surface area contributed by atoms with Gasteiger partial charge in [0.1, 0.15) is 0 Å². The molecule has 15 heavy (non-hydrogen) atoms. The molecule has 1 N–H and O–H groups in total. The van der Waals surface area contributed by atoms with Crippen LogP contribution < -0.4 is 0 Å². The summed E-state index contributed by atoms with van der Waals surface area (Å²) in [6.45, 7) is 2.17. The first-order valence-corrected chi connectivity index (χ1v) is 6.78. The lowest BCUT2D eigenvalue weighted by Gasteiger charge is -2.09. The topological polar surface area (TPSA) is 20.2 Å². The molecule has 0 aliphatic rings. The summed E-state index contributed by atoms with van der Waals surface area (Å²) in [5.41, 5.74) is 1.32. The maximum atomic E-state index is 9.72. The quantitative estimate of drug-likeness (QED) is 0.718. The van der Waals surface area contributed by atoms with Crippen LogP contribution in [0, 0.1) is 0 Å². The monoisotopic (exact) mass is 224 g/mol. The zero-order valence-corrected chi connectivity index (χ0v) is 10.2. The van der Waals surface area contributed by atoms with E-state index in [1.807, 2.05) is 30.0 Å². The Bertz CT molecular complexity index is 248. The van der Waals surface area contributed by atoms with Crippen LogP contribution in [0.5, 0.6) is 0 Å². The molecule has 0 radical (unpaired) electrons. The van der Waals surface area contributed by atoms with Crippen LogP contribution in [0.3, 0.4) is 0 Å². The molecule has 1 atom stereocenters. The van der Waals surface area contributed by atoms with E-state index in [2.05, 4.69) is 19.1 Å². The van der Waals surface area contributed by atoms with Crippen molar-refractivity contribution in [2.75, 3.05) is 11.5 Å². The second-order valence-electron chi connectivity index (χ2n) is 3.75. The van der Waals surface area contributed by atoms with E-state index >= 15 is 0 Å². The average Bonchev–Trinajstić information content (AvgIpc) is 2.28. The molecule has 0 saturated heterocycles. The molecule has 1 rings (SSSR count). The van der Waals surface area contributed by atoms with E-state index < -0.39 is 0 Å². The van der Waals surface area contributed by atoms with E-state index in [1.165, 1.54) is 12.0 Å². The maximum Gasteiger partial charge on any atom is 0.0633 e. The van der Waals surface area contributed by atoms with Gasteiger partial charge in [-0.3, -0.25) is 0 Å². The van der Waals surface area contributed by atoms with E-state index in [4.69, 9.17) is 0 Å². The molecular weight excluding hydrogens is 204 g/mol. The minimum absolute atomic E-state index is 0.151. The Morgan fingerprint density at radius 1 is 1.27 bits per heavy atom. The van der Waals surface area contributed by atoms with Crippen molar-refractivity contribution >= 4 is 11.8 Å². The molecule has 0 aliphatic carbocycles. The second kappa shape index (κ2) is 7.77. The first kappa shape index (κ1) is 12.6. The van der Waals surface area contributed by atoms with Crippen LogP contribution in [0.1, 0.15) is 25.3 Å². The molecule has 0 amide bonds. The number of thioether (sulfide) groups is 1. The van der Waals surface area contributed by atoms with Crippen LogP contribution in [0.2, 0.25) is 0 Å². The van der Waals surface area contributed by atoms with Crippen LogP contribution in [0.25, 0.3) is 0 Å². The summed E-state index contributed by atoms with van der Waals surface area (Å²) in [5.74, 6) is 2.03. The highest BCUT2D eigenvalue weighted by molar-refractivity contribution is 7.99. The molecule has 0 fully saturated rings. The van der Waals surface area contributed by atoms with Gasteiger partial charge in [-0.25, -0.2) is 0 Å². The van der Waals surface area contributed by atoms with Crippen molar-refractivity contribution < 1.29 is 5.11 Å². The number of aryl methyl sites for hydroxylation is 1. The second-order valence-corrected chi connectivity index (χ2v) is 4.90. The minimum atomic E-state index is -0.151. The molecular formula is C13H20OS. The molecule has 1 aromatic rings. The predicted octanol–water partition coefficient (Wildman–Crippen LogP) is 3.12. The van der Waals surface area contributed by atoms with Gasteiger partial charge in [0.2, 0.25) is 0 Å². The van der Waals surface area contributed by atoms with Gasteiger partial charge in [-0.1, -0.05) is 37.3 Å². The molecule has 84 valence electrons. The smallest absolute Gasteiger partial charge is 0.0633 e. The zero-order valence-electron chi connectivity index (χ0n) is 9.36. The van der Waals surface area contributed by atoms with Crippen LogP contribution in [0.4, 0.5) is 0 Å². The molecule has 0 saturated carbocycles. The van der Waals surface area contributed by atoms with Crippen molar-refractivity contribution in [3.8, 4) is 0 Å². The molecule has 0 aromatic heterocycles. The molecule has 2 heteroatoms. The van der Waals surface area contributed by atoms with Gasteiger partial charge in [0.25, 0.3) is 0 Å².